The lowest BCUT2D eigenvalue weighted by Gasteiger charge is -2.24. The molecule has 0 bridgehead atoms. The quantitative estimate of drug-likeness (QED) is 0.730. The van der Waals surface area contributed by atoms with E-state index >= 15 is 0 Å². The average Bonchev–Trinajstić information content (AvgIpc) is 3.37. The molecule has 4 unspecified atom stereocenters. The predicted molar refractivity (Wildman–Crippen MR) is 110 cm³/mol. The molecular formula is C22H20FN3O2S. The number of carbonyl (C=O) groups is 2. The summed E-state index contributed by atoms with van der Waals surface area (Å²) in [4.78, 5) is 33.3. The Balaban J connectivity index is 1.39. The molecule has 0 N–H and O–H groups in total. The molecule has 1 aromatic heterocycles. The molecule has 148 valence electrons. The number of likely N-dealkylation sites (tertiary alicyclic amines) is 1. The van der Waals surface area contributed by atoms with Gasteiger partial charge in [-0.2, -0.15) is 0 Å². The zero-order valence-corrected chi connectivity index (χ0v) is 16.7. The third-order valence-corrected chi connectivity index (χ3v) is 7.21. The number of carbonyl (C=O) groups excluding carboxylic acids is 2. The van der Waals surface area contributed by atoms with Crippen molar-refractivity contribution in [3.8, 4) is 11.1 Å². The van der Waals surface area contributed by atoms with Crippen molar-refractivity contribution in [2.45, 2.75) is 12.1 Å². The highest BCUT2D eigenvalue weighted by molar-refractivity contribution is 7.99. The van der Waals surface area contributed by atoms with E-state index in [1.807, 2.05) is 42.1 Å². The standard InChI is InChI=1S/C22H20FN3O2S/c1-25-21(27)19-17(26-12-29-11-18(26)20(19)22(25)28)8-7-16-6-5-14(10-24-16)13-3-2-4-15(23)9-13/h2-10,17-20H,11-12H2,1H3/b8-7+. The van der Waals surface area contributed by atoms with E-state index in [4.69, 9.17) is 0 Å². The topological polar surface area (TPSA) is 53.5 Å². The van der Waals surface area contributed by atoms with Gasteiger partial charge in [0, 0.05) is 42.5 Å². The second-order valence-corrected chi connectivity index (χ2v) is 8.70. The van der Waals surface area contributed by atoms with Gasteiger partial charge in [0.1, 0.15) is 5.82 Å². The minimum absolute atomic E-state index is 0.0500. The van der Waals surface area contributed by atoms with Crippen molar-refractivity contribution in [1.29, 1.82) is 0 Å². The molecule has 29 heavy (non-hydrogen) atoms. The van der Waals surface area contributed by atoms with E-state index < -0.39 is 0 Å². The molecule has 7 heteroatoms. The highest BCUT2D eigenvalue weighted by Crippen LogP contribution is 2.47. The first-order chi connectivity index (χ1) is 14.0. The van der Waals surface area contributed by atoms with E-state index in [1.165, 1.54) is 17.0 Å². The van der Waals surface area contributed by atoms with Crippen molar-refractivity contribution < 1.29 is 14.0 Å². The van der Waals surface area contributed by atoms with Gasteiger partial charge in [-0.25, -0.2) is 4.39 Å². The number of thioether (sulfide) groups is 1. The summed E-state index contributed by atoms with van der Waals surface area (Å²) in [6, 6.07) is 10.2. The van der Waals surface area contributed by atoms with E-state index in [1.54, 1.807) is 19.3 Å². The number of aromatic nitrogens is 1. The number of pyridine rings is 1. The van der Waals surface area contributed by atoms with Gasteiger partial charge in [0.05, 0.1) is 17.5 Å². The zero-order chi connectivity index (χ0) is 20.1. The molecular weight excluding hydrogens is 389 g/mol. The van der Waals surface area contributed by atoms with Crippen LogP contribution in [0.4, 0.5) is 4.39 Å². The summed E-state index contributed by atoms with van der Waals surface area (Å²) in [5, 5.41) is 0. The molecule has 5 rings (SSSR count). The molecule has 0 saturated carbocycles. The van der Waals surface area contributed by atoms with Crippen LogP contribution in [0.2, 0.25) is 0 Å². The Labute approximate surface area is 172 Å². The van der Waals surface area contributed by atoms with Crippen LogP contribution in [0.15, 0.2) is 48.7 Å². The molecule has 4 atom stereocenters. The zero-order valence-electron chi connectivity index (χ0n) is 15.9. The molecule has 3 aliphatic rings. The fourth-order valence-electron chi connectivity index (χ4n) is 4.69. The summed E-state index contributed by atoms with van der Waals surface area (Å²) in [6.07, 6.45) is 5.65. The molecule has 3 saturated heterocycles. The van der Waals surface area contributed by atoms with Crippen molar-refractivity contribution >= 4 is 29.7 Å². The summed E-state index contributed by atoms with van der Waals surface area (Å²) in [5.41, 5.74) is 2.39. The number of benzene rings is 1. The van der Waals surface area contributed by atoms with Gasteiger partial charge < -0.3 is 0 Å². The van der Waals surface area contributed by atoms with E-state index in [0.29, 0.717) is 0 Å². The van der Waals surface area contributed by atoms with Crippen LogP contribution in [0.25, 0.3) is 17.2 Å². The molecule has 0 spiro atoms. The van der Waals surface area contributed by atoms with Crippen LogP contribution in [-0.4, -0.2) is 57.4 Å². The second kappa shape index (κ2) is 7.07. The van der Waals surface area contributed by atoms with Crippen LogP contribution >= 0.6 is 11.8 Å². The largest absolute Gasteiger partial charge is 0.285 e. The number of fused-ring (bicyclic) bond motifs is 3. The number of rotatable bonds is 3. The van der Waals surface area contributed by atoms with E-state index in [-0.39, 0.29) is 41.6 Å². The molecule has 3 aliphatic heterocycles. The monoisotopic (exact) mass is 409 g/mol. The molecule has 0 radical (unpaired) electrons. The van der Waals surface area contributed by atoms with Crippen LogP contribution in [-0.2, 0) is 9.59 Å². The maximum Gasteiger partial charge on any atom is 0.234 e. The van der Waals surface area contributed by atoms with Crippen molar-refractivity contribution in [1.82, 2.24) is 14.8 Å². The van der Waals surface area contributed by atoms with Crippen LogP contribution in [0.1, 0.15) is 5.69 Å². The van der Waals surface area contributed by atoms with Gasteiger partial charge in [-0.15, -0.1) is 11.8 Å². The van der Waals surface area contributed by atoms with Crippen LogP contribution in [0.5, 0.6) is 0 Å². The number of nitrogens with zero attached hydrogens (tertiary/aromatic N) is 3. The van der Waals surface area contributed by atoms with Gasteiger partial charge in [-0.3, -0.25) is 24.4 Å². The summed E-state index contributed by atoms with van der Waals surface area (Å²) in [7, 11) is 1.59. The molecule has 1 aromatic carbocycles. The Kier molecular flexibility index (Phi) is 4.52. The van der Waals surface area contributed by atoms with Crippen LogP contribution < -0.4 is 0 Å². The number of imide groups is 1. The number of halogens is 1. The lowest BCUT2D eigenvalue weighted by atomic mass is 9.89. The SMILES string of the molecule is CN1C(=O)C2C(C1=O)C1CSCN1C2/C=C/c1ccc(-c2cccc(F)c2)cn1. The minimum atomic E-state index is -0.304. The van der Waals surface area contributed by atoms with Crippen molar-refractivity contribution in [2.75, 3.05) is 18.7 Å². The van der Waals surface area contributed by atoms with E-state index in [0.717, 1.165) is 28.5 Å². The van der Waals surface area contributed by atoms with E-state index in [2.05, 4.69) is 9.88 Å². The van der Waals surface area contributed by atoms with Gasteiger partial charge >= 0.3 is 0 Å². The number of hydrogen-bond donors (Lipinski definition) is 0. The fourth-order valence-corrected chi connectivity index (χ4v) is 6.01. The molecule has 5 nitrogen and oxygen atoms in total. The Hall–Kier alpha value is -2.51. The van der Waals surface area contributed by atoms with Crippen molar-refractivity contribution in [2.24, 2.45) is 11.8 Å². The maximum absolute atomic E-state index is 13.4. The van der Waals surface area contributed by atoms with E-state index in [9.17, 15) is 14.0 Å². The first kappa shape index (κ1) is 18.5. The third-order valence-electron chi connectivity index (χ3n) is 6.15. The lowest BCUT2D eigenvalue weighted by molar-refractivity contribution is -0.139. The normalized spacial score (nSPS) is 29.1. The number of hydrogen-bond acceptors (Lipinski definition) is 5. The predicted octanol–water partition coefficient (Wildman–Crippen LogP) is 2.89. The highest BCUT2D eigenvalue weighted by Gasteiger charge is 2.61. The van der Waals surface area contributed by atoms with Gasteiger partial charge in [0.15, 0.2) is 0 Å². The minimum Gasteiger partial charge on any atom is -0.285 e. The highest BCUT2D eigenvalue weighted by atomic mass is 32.2. The molecule has 4 heterocycles. The first-order valence-corrected chi connectivity index (χ1v) is 10.7. The molecule has 3 fully saturated rings. The fraction of sp³-hybridized carbons (Fsp3) is 0.318. The lowest BCUT2D eigenvalue weighted by Crippen LogP contribution is -2.40. The molecule has 2 aromatic rings. The molecule has 0 aliphatic carbocycles. The Morgan fingerprint density at radius 2 is 1.97 bits per heavy atom. The van der Waals surface area contributed by atoms with Crippen LogP contribution in [0, 0.1) is 17.7 Å². The number of amides is 2. The smallest absolute Gasteiger partial charge is 0.234 e. The van der Waals surface area contributed by atoms with Crippen molar-refractivity contribution in [3.05, 3.63) is 60.2 Å². The second-order valence-electron chi connectivity index (χ2n) is 7.70. The van der Waals surface area contributed by atoms with Crippen LogP contribution in [0.3, 0.4) is 0 Å². The maximum atomic E-state index is 13.4. The average molecular weight is 409 g/mol. The third kappa shape index (κ3) is 3.00. The Morgan fingerprint density at radius 3 is 2.72 bits per heavy atom. The summed E-state index contributed by atoms with van der Waals surface area (Å²) < 4.78 is 13.4. The summed E-state index contributed by atoms with van der Waals surface area (Å²) in [6.45, 7) is 0. The summed E-state index contributed by atoms with van der Waals surface area (Å²) >= 11 is 1.81. The van der Waals surface area contributed by atoms with Crippen molar-refractivity contribution in [3.63, 3.8) is 0 Å². The van der Waals surface area contributed by atoms with Gasteiger partial charge in [-0.1, -0.05) is 24.3 Å². The Morgan fingerprint density at radius 1 is 1.14 bits per heavy atom. The van der Waals surface area contributed by atoms with Gasteiger partial charge in [0.25, 0.3) is 0 Å². The summed E-state index contributed by atoms with van der Waals surface area (Å²) in [5.74, 6) is 0.777. The molecule has 2 amide bonds. The van der Waals surface area contributed by atoms with Gasteiger partial charge in [-0.05, 0) is 29.8 Å². The Bertz CT molecular complexity index is 1010. The van der Waals surface area contributed by atoms with Gasteiger partial charge in [0.2, 0.25) is 11.8 Å². The first-order valence-electron chi connectivity index (χ1n) is 9.60.